The summed E-state index contributed by atoms with van der Waals surface area (Å²) in [6.07, 6.45) is 3.48. The molecule has 0 N–H and O–H groups in total. The van der Waals surface area contributed by atoms with Crippen LogP contribution in [0.1, 0.15) is 25.0 Å². The number of nitriles is 1. The topological polar surface area (TPSA) is 78.0 Å². The van der Waals surface area contributed by atoms with Crippen LogP contribution in [0.3, 0.4) is 0 Å². The van der Waals surface area contributed by atoms with E-state index in [0.717, 1.165) is 23.4 Å². The molecule has 2 aromatic rings. The number of nitrogens with zero attached hydrogens (tertiary/aromatic N) is 4. The third-order valence-electron chi connectivity index (χ3n) is 4.37. The van der Waals surface area contributed by atoms with E-state index in [1.165, 1.54) is 0 Å². The van der Waals surface area contributed by atoms with E-state index in [1.807, 2.05) is 44.3 Å². The lowest BCUT2D eigenvalue weighted by molar-refractivity contribution is 0.477. The highest BCUT2D eigenvalue weighted by Gasteiger charge is 2.13. The van der Waals surface area contributed by atoms with Crippen LogP contribution in [0.5, 0.6) is 11.5 Å². The van der Waals surface area contributed by atoms with Crippen molar-refractivity contribution in [1.29, 1.82) is 5.26 Å². The van der Waals surface area contributed by atoms with Crippen molar-refractivity contribution in [2.75, 3.05) is 19.3 Å². The molecule has 148 valence electrons. The van der Waals surface area contributed by atoms with Crippen molar-refractivity contribution in [1.82, 2.24) is 4.90 Å². The third-order valence-corrected chi connectivity index (χ3v) is 6.52. The summed E-state index contributed by atoms with van der Waals surface area (Å²) in [5.41, 5.74) is 2.83. The van der Waals surface area contributed by atoms with Gasteiger partial charge in [-0.05, 0) is 62.2 Å². The van der Waals surface area contributed by atoms with Gasteiger partial charge in [0.05, 0.1) is 26.7 Å². The highest BCUT2D eigenvalue weighted by molar-refractivity contribution is 7.93. The summed E-state index contributed by atoms with van der Waals surface area (Å²) >= 11 is 0. The minimum absolute atomic E-state index is 0.265. The molecule has 0 heterocycles. The smallest absolute Gasteiger partial charge is 0.214 e. The van der Waals surface area contributed by atoms with Crippen LogP contribution in [-0.2, 0) is 9.73 Å². The summed E-state index contributed by atoms with van der Waals surface area (Å²) in [6.45, 7) is 8.64. The summed E-state index contributed by atoms with van der Waals surface area (Å²) in [5, 5.41) is 8.84. The zero-order valence-corrected chi connectivity index (χ0v) is 17.8. The summed E-state index contributed by atoms with van der Waals surface area (Å²) in [7, 11) is -0.778. The van der Waals surface area contributed by atoms with Crippen molar-refractivity contribution in [3.05, 3.63) is 47.5 Å². The van der Waals surface area contributed by atoms with Gasteiger partial charge in [-0.15, -0.1) is 4.36 Å². The number of hydrogen-bond donors (Lipinski definition) is 0. The molecule has 0 amide bonds. The molecule has 2 rings (SSSR count). The molecule has 7 heteroatoms. The highest BCUT2D eigenvalue weighted by Crippen LogP contribution is 2.32. The molecule has 0 aliphatic carbocycles. The van der Waals surface area contributed by atoms with E-state index in [0.29, 0.717) is 16.4 Å². The zero-order chi connectivity index (χ0) is 20.7. The van der Waals surface area contributed by atoms with Gasteiger partial charge in [-0.3, -0.25) is 0 Å². The first-order valence-electron chi connectivity index (χ1n) is 9.09. The molecule has 0 fully saturated rings. The second-order valence-corrected chi connectivity index (χ2v) is 8.93. The molecular formula is C21H26N4O2S. The second kappa shape index (κ2) is 9.38. The number of benzene rings is 2. The van der Waals surface area contributed by atoms with E-state index >= 15 is 0 Å². The highest BCUT2D eigenvalue weighted by atomic mass is 32.2. The lowest BCUT2D eigenvalue weighted by Gasteiger charge is -2.14. The summed E-state index contributed by atoms with van der Waals surface area (Å²) in [4.78, 5) is 7.02. The maximum absolute atomic E-state index is 12.8. The van der Waals surface area contributed by atoms with Crippen LogP contribution in [0.4, 0.5) is 5.69 Å². The van der Waals surface area contributed by atoms with E-state index in [-0.39, 0.29) is 5.75 Å². The van der Waals surface area contributed by atoms with Gasteiger partial charge in [0, 0.05) is 19.3 Å². The van der Waals surface area contributed by atoms with Crippen LogP contribution < -0.4 is 4.74 Å². The van der Waals surface area contributed by atoms with E-state index in [2.05, 4.69) is 16.3 Å². The van der Waals surface area contributed by atoms with E-state index in [1.54, 1.807) is 37.4 Å². The fraction of sp³-hybridized carbons (Fsp3) is 0.333. The average Bonchev–Trinajstić information content (AvgIpc) is 2.69. The predicted octanol–water partition coefficient (Wildman–Crippen LogP) is 5.04. The molecule has 0 aliphatic heterocycles. The Morgan fingerprint density at radius 3 is 2.61 bits per heavy atom. The van der Waals surface area contributed by atoms with Gasteiger partial charge in [0.25, 0.3) is 0 Å². The Kier molecular flexibility index (Phi) is 7.18. The Balaban J connectivity index is 2.35. The minimum atomic E-state index is -2.75. The standard InChI is InChI=1S/C21H26N4O2S/c1-6-25(5)15-23-20-11-17(4)21(12-16(20)3)27-18-9-8-10-19(13-18)28(26,7-2)24-14-22/h8-13,15H,6-7H2,1-5H3. The van der Waals surface area contributed by atoms with Crippen LogP contribution >= 0.6 is 0 Å². The average molecular weight is 399 g/mol. The monoisotopic (exact) mass is 398 g/mol. The van der Waals surface area contributed by atoms with Crippen molar-refractivity contribution in [3.8, 4) is 17.7 Å². The maximum Gasteiger partial charge on any atom is 0.214 e. The van der Waals surface area contributed by atoms with Crippen LogP contribution in [0.25, 0.3) is 0 Å². The van der Waals surface area contributed by atoms with Crippen LogP contribution in [0, 0.1) is 25.3 Å². The molecule has 0 saturated heterocycles. The number of rotatable bonds is 7. The minimum Gasteiger partial charge on any atom is -0.457 e. The van der Waals surface area contributed by atoms with Crippen molar-refractivity contribution < 1.29 is 8.95 Å². The van der Waals surface area contributed by atoms with E-state index < -0.39 is 9.73 Å². The van der Waals surface area contributed by atoms with Crippen molar-refractivity contribution in [2.45, 2.75) is 32.6 Å². The number of aryl methyl sites for hydroxylation is 2. The lowest BCUT2D eigenvalue weighted by Crippen LogP contribution is -2.14. The summed E-state index contributed by atoms with van der Waals surface area (Å²) in [5.74, 6) is 1.52. The third kappa shape index (κ3) is 5.11. The molecule has 0 aromatic heterocycles. The molecule has 0 saturated carbocycles. The predicted molar refractivity (Wildman–Crippen MR) is 114 cm³/mol. The molecular weight excluding hydrogens is 372 g/mol. The first kappa shape index (κ1) is 21.5. The fourth-order valence-corrected chi connectivity index (χ4v) is 3.77. The van der Waals surface area contributed by atoms with Gasteiger partial charge in [0.2, 0.25) is 6.19 Å². The van der Waals surface area contributed by atoms with Crippen molar-refractivity contribution in [3.63, 3.8) is 0 Å². The first-order valence-corrected chi connectivity index (χ1v) is 10.8. The van der Waals surface area contributed by atoms with Gasteiger partial charge >= 0.3 is 0 Å². The Morgan fingerprint density at radius 2 is 1.96 bits per heavy atom. The molecule has 1 unspecified atom stereocenters. The SMILES string of the molecule is CCN(C)C=Nc1cc(C)c(Oc2cccc(S(=O)(CC)=NC#N)c2)cc1C. The first-order chi connectivity index (χ1) is 13.3. The normalized spacial score (nSPS) is 13.0. The summed E-state index contributed by atoms with van der Waals surface area (Å²) in [6, 6.07) is 10.9. The molecule has 0 spiro atoms. The maximum atomic E-state index is 12.8. The number of aliphatic imine (C=N–C) groups is 1. The molecule has 0 aliphatic rings. The van der Waals surface area contributed by atoms with Gasteiger partial charge in [-0.25, -0.2) is 9.20 Å². The number of ether oxygens (including phenoxy) is 1. The Bertz CT molecular complexity index is 1030. The molecule has 6 nitrogen and oxygen atoms in total. The summed E-state index contributed by atoms with van der Waals surface area (Å²) < 4.78 is 22.5. The second-order valence-electron chi connectivity index (χ2n) is 6.42. The molecule has 1 atom stereocenters. The van der Waals surface area contributed by atoms with Crippen molar-refractivity contribution in [2.24, 2.45) is 9.36 Å². The van der Waals surface area contributed by atoms with Gasteiger partial charge in [-0.1, -0.05) is 13.0 Å². The molecule has 0 radical (unpaired) electrons. The van der Waals surface area contributed by atoms with E-state index in [4.69, 9.17) is 10.00 Å². The lowest BCUT2D eigenvalue weighted by atomic mass is 10.1. The van der Waals surface area contributed by atoms with Crippen LogP contribution in [-0.4, -0.2) is 34.8 Å². The number of hydrogen-bond acceptors (Lipinski definition) is 5. The van der Waals surface area contributed by atoms with Gasteiger partial charge in [0.15, 0.2) is 0 Å². The Hall–Kier alpha value is -2.85. The zero-order valence-electron chi connectivity index (χ0n) is 17.0. The molecule has 2 aromatic carbocycles. The van der Waals surface area contributed by atoms with Gasteiger partial charge in [0.1, 0.15) is 11.5 Å². The molecule has 0 bridgehead atoms. The van der Waals surface area contributed by atoms with E-state index in [9.17, 15) is 4.21 Å². The molecule has 28 heavy (non-hydrogen) atoms. The Morgan fingerprint density at radius 1 is 1.21 bits per heavy atom. The van der Waals surface area contributed by atoms with Crippen LogP contribution in [0.15, 0.2) is 50.6 Å². The van der Waals surface area contributed by atoms with Crippen LogP contribution in [0.2, 0.25) is 0 Å². The quantitative estimate of drug-likeness (QED) is 0.372. The Labute approximate surface area is 167 Å². The van der Waals surface area contributed by atoms with Gasteiger partial charge in [-0.2, -0.15) is 5.26 Å². The fourth-order valence-electron chi connectivity index (χ4n) is 2.48. The van der Waals surface area contributed by atoms with Gasteiger partial charge < -0.3 is 9.64 Å². The largest absolute Gasteiger partial charge is 0.457 e. The van der Waals surface area contributed by atoms with Crippen molar-refractivity contribution >= 4 is 21.8 Å².